The minimum absolute atomic E-state index is 0.447. The molecule has 6 heteroatoms. The van der Waals surface area contributed by atoms with Crippen LogP contribution in [0.2, 0.25) is 0 Å². The summed E-state index contributed by atoms with van der Waals surface area (Å²) in [6.45, 7) is 0. The van der Waals surface area contributed by atoms with Crippen molar-refractivity contribution in [1.82, 2.24) is 14.5 Å². The Morgan fingerprint density at radius 1 is 1.06 bits per heavy atom. The number of nitrogens with zero attached hydrogens (tertiary/aromatic N) is 3. The molecule has 0 spiro atoms. The maximum Gasteiger partial charge on any atom is 0.205 e. The maximum atomic E-state index is 5.98. The van der Waals surface area contributed by atoms with Gasteiger partial charge in [-0.1, -0.05) is 15.9 Å². The van der Waals surface area contributed by atoms with Crippen LogP contribution in [0.5, 0.6) is 0 Å². The first kappa shape index (κ1) is 11.7. The second-order valence-electron chi connectivity index (χ2n) is 3.80. The molecule has 3 rings (SSSR count). The smallest absolute Gasteiger partial charge is 0.205 e. The molecule has 0 radical (unpaired) electrons. The molecule has 0 atom stereocenters. The fourth-order valence-electron chi connectivity index (χ4n) is 1.86. The Hall–Kier alpha value is -1.40. The second kappa shape index (κ2) is 4.37. The standard InChI is InChI=1S/C12H8Br2N4/c13-7-1-2-10-11(4-7)18(12(15)17-10)9-3-8(14)5-16-6-9/h1-6H,(H2,15,17). The van der Waals surface area contributed by atoms with Gasteiger partial charge in [0.2, 0.25) is 5.95 Å². The summed E-state index contributed by atoms with van der Waals surface area (Å²) in [7, 11) is 0. The van der Waals surface area contributed by atoms with Crippen LogP contribution in [0.1, 0.15) is 0 Å². The summed E-state index contributed by atoms with van der Waals surface area (Å²) in [6, 6.07) is 7.81. The Labute approximate surface area is 120 Å². The van der Waals surface area contributed by atoms with E-state index in [2.05, 4.69) is 41.8 Å². The van der Waals surface area contributed by atoms with Gasteiger partial charge in [-0.25, -0.2) is 4.98 Å². The van der Waals surface area contributed by atoms with Crippen LogP contribution >= 0.6 is 31.9 Å². The summed E-state index contributed by atoms with van der Waals surface area (Å²) in [5.41, 5.74) is 8.66. The summed E-state index contributed by atoms with van der Waals surface area (Å²) in [6.07, 6.45) is 3.48. The first-order chi connectivity index (χ1) is 8.65. The number of rotatable bonds is 1. The predicted molar refractivity (Wildman–Crippen MR) is 78.7 cm³/mol. The highest BCUT2D eigenvalue weighted by atomic mass is 79.9. The third kappa shape index (κ3) is 1.91. The average molecular weight is 368 g/mol. The van der Waals surface area contributed by atoms with Gasteiger partial charge in [0.1, 0.15) is 0 Å². The van der Waals surface area contributed by atoms with Crippen LogP contribution in [0.15, 0.2) is 45.6 Å². The van der Waals surface area contributed by atoms with Crippen LogP contribution < -0.4 is 5.73 Å². The molecule has 1 aromatic carbocycles. The number of halogens is 2. The van der Waals surface area contributed by atoms with Crippen molar-refractivity contribution in [3.05, 3.63) is 45.6 Å². The van der Waals surface area contributed by atoms with E-state index < -0.39 is 0 Å². The highest BCUT2D eigenvalue weighted by Crippen LogP contribution is 2.26. The van der Waals surface area contributed by atoms with Gasteiger partial charge in [-0.2, -0.15) is 0 Å². The largest absolute Gasteiger partial charge is 0.369 e. The van der Waals surface area contributed by atoms with Gasteiger partial charge >= 0.3 is 0 Å². The molecule has 0 aliphatic rings. The lowest BCUT2D eigenvalue weighted by Crippen LogP contribution is -2.00. The molecule has 2 heterocycles. The van der Waals surface area contributed by atoms with Crippen LogP contribution in [-0.4, -0.2) is 14.5 Å². The number of nitrogen functional groups attached to an aromatic ring is 1. The molecule has 0 bridgehead atoms. The molecule has 2 N–H and O–H groups in total. The van der Waals surface area contributed by atoms with E-state index in [4.69, 9.17) is 5.73 Å². The van der Waals surface area contributed by atoms with E-state index >= 15 is 0 Å². The Morgan fingerprint density at radius 2 is 1.89 bits per heavy atom. The van der Waals surface area contributed by atoms with Gasteiger partial charge in [-0.3, -0.25) is 9.55 Å². The van der Waals surface area contributed by atoms with E-state index in [1.54, 1.807) is 12.4 Å². The minimum Gasteiger partial charge on any atom is -0.369 e. The van der Waals surface area contributed by atoms with Gasteiger partial charge in [-0.15, -0.1) is 0 Å². The Bertz CT molecular complexity index is 736. The highest BCUT2D eigenvalue weighted by molar-refractivity contribution is 9.10. The fourth-order valence-corrected chi connectivity index (χ4v) is 2.56. The zero-order chi connectivity index (χ0) is 12.7. The third-order valence-electron chi connectivity index (χ3n) is 2.59. The lowest BCUT2D eigenvalue weighted by molar-refractivity contribution is 1.08. The molecule has 0 amide bonds. The topological polar surface area (TPSA) is 56.7 Å². The number of hydrogen-bond donors (Lipinski definition) is 1. The molecular weight excluding hydrogens is 360 g/mol. The molecule has 0 saturated heterocycles. The number of imidazole rings is 1. The summed E-state index contributed by atoms with van der Waals surface area (Å²) < 4.78 is 3.76. The lowest BCUT2D eigenvalue weighted by Gasteiger charge is -2.06. The van der Waals surface area contributed by atoms with Crippen molar-refractivity contribution < 1.29 is 0 Å². The summed E-state index contributed by atoms with van der Waals surface area (Å²) in [5.74, 6) is 0.447. The molecule has 4 nitrogen and oxygen atoms in total. The number of aromatic nitrogens is 3. The maximum absolute atomic E-state index is 5.98. The van der Waals surface area contributed by atoms with Crippen molar-refractivity contribution in [2.75, 3.05) is 5.73 Å². The van der Waals surface area contributed by atoms with E-state index in [-0.39, 0.29) is 0 Å². The molecule has 0 aliphatic carbocycles. The quantitative estimate of drug-likeness (QED) is 0.715. The number of pyridine rings is 1. The number of anilines is 1. The van der Waals surface area contributed by atoms with Crippen molar-refractivity contribution in [2.45, 2.75) is 0 Å². The third-order valence-corrected chi connectivity index (χ3v) is 3.52. The average Bonchev–Trinajstić information content (AvgIpc) is 2.64. The Morgan fingerprint density at radius 3 is 2.67 bits per heavy atom. The SMILES string of the molecule is Nc1nc2ccc(Br)cc2n1-c1cncc(Br)c1. The van der Waals surface area contributed by atoms with E-state index in [1.807, 2.05) is 28.8 Å². The summed E-state index contributed by atoms with van der Waals surface area (Å²) >= 11 is 6.86. The molecule has 90 valence electrons. The van der Waals surface area contributed by atoms with Crippen LogP contribution in [0.25, 0.3) is 16.7 Å². The second-order valence-corrected chi connectivity index (χ2v) is 5.63. The van der Waals surface area contributed by atoms with Crippen LogP contribution in [0.3, 0.4) is 0 Å². The first-order valence-electron chi connectivity index (χ1n) is 5.19. The zero-order valence-corrected chi connectivity index (χ0v) is 12.3. The van der Waals surface area contributed by atoms with Gasteiger partial charge < -0.3 is 5.73 Å². The highest BCUT2D eigenvalue weighted by Gasteiger charge is 2.10. The number of hydrogen-bond acceptors (Lipinski definition) is 3. The van der Waals surface area contributed by atoms with Crippen molar-refractivity contribution in [3.8, 4) is 5.69 Å². The summed E-state index contributed by atoms with van der Waals surface area (Å²) in [5, 5.41) is 0. The number of fused-ring (bicyclic) bond motifs is 1. The normalized spacial score (nSPS) is 11.0. The molecule has 0 saturated carbocycles. The van der Waals surface area contributed by atoms with Crippen molar-refractivity contribution >= 4 is 48.8 Å². The van der Waals surface area contributed by atoms with E-state index in [1.165, 1.54) is 0 Å². The molecule has 0 aliphatic heterocycles. The molecule has 0 unspecified atom stereocenters. The van der Waals surface area contributed by atoms with Crippen molar-refractivity contribution in [3.63, 3.8) is 0 Å². The van der Waals surface area contributed by atoms with Gasteiger partial charge in [0.05, 0.1) is 22.9 Å². The van der Waals surface area contributed by atoms with Gasteiger partial charge in [0, 0.05) is 15.1 Å². The van der Waals surface area contributed by atoms with E-state index in [9.17, 15) is 0 Å². The van der Waals surface area contributed by atoms with Crippen molar-refractivity contribution in [1.29, 1.82) is 0 Å². The number of nitrogens with two attached hydrogens (primary N) is 1. The van der Waals surface area contributed by atoms with Crippen LogP contribution in [0.4, 0.5) is 5.95 Å². The Kier molecular flexibility index (Phi) is 2.83. The molecule has 2 aromatic heterocycles. The minimum atomic E-state index is 0.447. The first-order valence-corrected chi connectivity index (χ1v) is 6.78. The summed E-state index contributed by atoms with van der Waals surface area (Å²) in [4.78, 5) is 8.48. The number of benzene rings is 1. The molecule has 0 fully saturated rings. The van der Waals surface area contributed by atoms with Gasteiger partial charge in [0.15, 0.2) is 0 Å². The lowest BCUT2D eigenvalue weighted by atomic mass is 10.3. The van der Waals surface area contributed by atoms with Gasteiger partial charge in [0.25, 0.3) is 0 Å². The fraction of sp³-hybridized carbons (Fsp3) is 0. The zero-order valence-electron chi connectivity index (χ0n) is 9.14. The molecule has 18 heavy (non-hydrogen) atoms. The molecule has 3 aromatic rings. The predicted octanol–water partition coefficient (Wildman–Crippen LogP) is 3.53. The van der Waals surface area contributed by atoms with Crippen molar-refractivity contribution in [2.24, 2.45) is 0 Å². The van der Waals surface area contributed by atoms with Gasteiger partial charge in [-0.05, 0) is 40.2 Å². The van der Waals surface area contributed by atoms with E-state index in [0.717, 1.165) is 25.7 Å². The van der Waals surface area contributed by atoms with Crippen LogP contribution in [0, 0.1) is 0 Å². The Balaban J connectivity index is 2.34. The van der Waals surface area contributed by atoms with E-state index in [0.29, 0.717) is 5.95 Å². The monoisotopic (exact) mass is 366 g/mol. The van der Waals surface area contributed by atoms with Crippen LogP contribution in [-0.2, 0) is 0 Å². The molecular formula is C12H8Br2N4.